The molecule has 0 spiro atoms. The summed E-state index contributed by atoms with van der Waals surface area (Å²) in [4.78, 5) is 24.6. The van der Waals surface area contributed by atoms with E-state index in [4.69, 9.17) is 15.2 Å². The summed E-state index contributed by atoms with van der Waals surface area (Å²) in [5.74, 6) is 2.36. The van der Waals surface area contributed by atoms with Gasteiger partial charge in [0.25, 0.3) is 0 Å². The number of carbonyl (C=O) groups is 1. The number of fused-ring (bicyclic) bond motifs is 2. The van der Waals surface area contributed by atoms with Gasteiger partial charge in [0, 0.05) is 6.54 Å². The first kappa shape index (κ1) is 18.5. The van der Waals surface area contributed by atoms with Gasteiger partial charge in [-0.1, -0.05) is 17.8 Å². The highest BCUT2D eigenvalue weighted by Gasteiger charge is 2.31. The van der Waals surface area contributed by atoms with Gasteiger partial charge in [-0.2, -0.15) is 0 Å². The van der Waals surface area contributed by atoms with Crippen LogP contribution >= 0.6 is 23.1 Å². The molecule has 2 N–H and O–H groups in total. The van der Waals surface area contributed by atoms with Gasteiger partial charge in [0.15, 0.2) is 16.7 Å². The minimum Gasteiger partial charge on any atom is -0.486 e. The second-order valence-corrected chi connectivity index (χ2v) is 8.80. The van der Waals surface area contributed by atoms with Crippen molar-refractivity contribution in [3.63, 3.8) is 0 Å². The van der Waals surface area contributed by atoms with E-state index in [0.29, 0.717) is 24.2 Å². The maximum Gasteiger partial charge on any atom is 0.233 e. The maximum atomic E-state index is 13.0. The van der Waals surface area contributed by atoms with E-state index in [0.717, 1.165) is 46.7 Å². The quantitative estimate of drug-likeness (QED) is 0.502. The normalized spacial score (nSPS) is 18.3. The van der Waals surface area contributed by atoms with Crippen LogP contribution in [-0.2, 0) is 4.79 Å². The molecule has 2 aliphatic heterocycles. The topological polar surface area (TPSA) is 90.6 Å². The van der Waals surface area contributed by atoms with E-state index in [1.54, 1.807) is 0 Å². The number of benzene rings is 1. The molecule has 7 nitrogen and oxygen atoms in total. The highest BCUT2D eigenvalue weighted by Crippen LogP contribution is 2.38. The van der Waals surface area contributed by atoms with E-state index >= 15 is 0 Å². The number of hydrogen-bond donors (Lipinski definition) is 1. The SMILES string of the molecule is Nc1nc(SCC(=O)N2CCCC2c2ccc3c(c2)OCCO3)nc2sccc12. The molecular weight excluding hydrogens is 408 g/mol. The summed E-state index contributed by atoms with van der Waals surface area (Å²) >= 11 is 2.86. The number of thiophene rings is 1. The lowest BCUT2D eigenvalue weighted by molar-refractivity contribution is -0.129. The minimum absolute atomic E-state index is 0.0599. The molecular formula is C20H20N4O3S2. The molecule has 1 unspecified atom stereocenters. The fourth-order valence-corrected chi connectivity index (χ4v) is 5.38. The van der Waals surface area contributed by atoms with Gasteiger partial charge in [0.05, 0.1) is 17.2 Å². The van der Waals surface area contributed by atoms with Crippen molar-refractivity contribution in [3.8, 4) is 11.5 Å². The fourth-order valence-electron chi connectivity index (χ4n) is 3.81. The standard InChI is InChI=1S/C20H20N4O3S2/c21-18-13-5-9-28-19(13)23-20(22-18)29-11-17(25)24-6-1-2-14(24)12-3-4-15-16(10-12)27-8-7-26-15/h3-5,9-10,14H,1-2,6-8,11H2,(H2,21,22,23). The molecule has 0 bridgehead atoms. The second-order valence-electron chi connectivity index (χ2n) is 6.97. The van der Waals surface area contributed by atoms with Crippen LogP contribution in [0.15, 0.2) is 34.8 Å². The lowest BCUT2D eigenvalue weighted by Crippen LogP contribution is -2.32. The Labute approximate surface area is 176 Å². The van der Waals surface area contributed by atoms with Gasteiger partial charge in [-0.05, 0) is 42.0 Å². The molecule has 2 aromatic heterocycles. The summed E-state index contributed by atoms with van der Waals surface area (Å²) in [7, 11) is 0. The Bertz CT molecular complexity index is 1070. The molecule has 0 saturated carbocycles. The smallest absolute Gasteiger partial charge is 0.233 e. The number of carbonyl (C=O) groups excluding carboxylic acids is 1. The van der Waals surface area contributed by atoms with Crippen LogP contribution in [0.5, 0.6) is 11.5 Å². The Morgan fingerprint density at radius 2 is 2.10 bits per heavy atom. The summed E-state index contributed by atoms with van der Waals surface area (Å²) in [6.07, 6.45) is 1.93. The molecule has 1 saturated heterocycles. The number of thioether (sulfide) groups is 1. The largest absolute Gasteiger partial charge is 0.486 e. The molecule has 0 aliphatic carbocycles. The molecule has 1 amide bonds. The van der Waals surface area contributed by atoms with Crippen LogP contribution in [0.3, 0.4) is 0 Å². The summed E-state index contributed by atoms with van der Waals surface area (Å²) in [5.41, 5.74) is 7.10. The van der Waals surface area contributed by atoms with E-state index in [-0.39, 0.29) is 17.7 Å². The lowest BCUT2D eigenvalue weighted by atomic mass is 10.0. The van der Waals surface area contributed by atoms with Gasteiger partial charge in [-0.15, -0.1) is 11.3 Å². The summed E-state index contributed by atoms with van der Waals surface area (Å²) in [5, 5.41) is 3.35. The molecule has 1 atom stereocenters. The van der Waals surface area contributed by atoms with Gasteiger partial charge in [0.1, 0.15) is 23.9 Å². The number of rotatable bonds is 4. The molecule has 29 heavy (non-hydrogen) atoms. The molecule has 2 aliphatic rings. The van der Waals surface area contributed by atoms with Crippen molar-refractivity contribution < 1.29 is 14.3 Å². The van der Waals surface area contributed by atoms with Gasteiger partial charge in [-0.25, -0.2) is 9.97 Å². The van der Waals surface area contributed by atoms with Gasteiger partial charge in [0.2, 0.25) is 5.91 Å². The van der Waals surface area contributed by atoms with Crippen molar-refractivity contribution in [1.29, 1.82) is 0 Å². The second kappa shape index (κ2) is 7.72. The van der Waals surface area contributed by atoms with E-state index in [1.165, 1.54) is 23.1 Å². The molecule has 3 aromatic rings. The van der Waals surface area contributed by atoms with Crippen LogP contribution < -0.4 is 15.2 Å². The van der Waals surface area contributed by atoms with Crippen molar-refractivity contribution >= 4 is 45.0 Å². The molecule has 0 radical (unpaired) electrons. The van der Waals surface area contributed by atoms with Gasteiger partial charge in [-0.3, -0.25) is 4.79 Å². The van der Waals surface area contributed by atoms with Gasteiger partial charge < -0.3 is 20.1 Å². The first-order valence-electron chi connectivity index (χ1n) is 9.51. The van der Waals surface area contributed by atoms with Crippen LogP contribution in [0.1, 0.15) is 24.4 Å². The Kier molecular flexibility index (Phi) is 4.92. The zero-order valence-electron chi connectivity index (χ0n) is 15.7. The van der Waals surface area contributed by atoms with Crippen LogP contribution in [0, 0.1) is 0 Å². The maximum absolute atomic E-state index is 13.0. The van der Waals surface area contributed by atoms with Crippen LogP contribution in [0.2, 0.25) is 0 Å². The Morgan fingerprint density at radius 3 is 3.00 bits per heavy atom. The Hall–Kier alpha value is -2.52. The number of ether oxygens (including phenoxy) is 2. The molecule has 1 aromatic carbocycles. The fraction of sp³-hybridized carbons (Fsp3) is 0.350. The third kappa shape index (κ3) is 3.60. The summed E-state index contributed by atoms with van der Waals surface area (Å²) < 4.78 is 11.3. The highest BCUT2D eigenvalue weighted by molar-refractivity contribution is 7.99. The van der Waals surface area contributed by atoms with Crippen LogP contribution in [-0.4, -0.2) is 46.3 Å². The number of nitrogens with two attached hydrogens (primary N) is 1. The van der Waals surface area contributed by atoms with E-state index in [2.05, 4.69) is 9.97 Å². The van der Waals surface area contributed by atoms with E-state index in [9.17, 15) is 4.79 Å². The van der Waals surface area contributed by atoms with Crippen molar-refractivity contribution in [2.45, 2.75) is 24.0 Å². The molecule has 4 heterocycles. The number of nitrogens with zero attached hydrogens (tertiary/aromatic N) is 3. The van der Waals surface area contributed by atoms with Crippen LogP contribution in [0.25, 0.3) is 10.2 Å². The number of anilines is 1. The average Bonchev–Trinajstić information content (AvgIpc) is 3.41. The highest BCUT2D eigenvalue weighted by atomic mass is 32.2. The number of likely N-dealkylation sites (tertiary alicyclic amines) is 1. The van der Waals surface area contributed by atoms with Crippen molar-refractivity contribution in [3.05, 3.63) is 35.2 Å². The minimum atomic E-state index is 0.0599. The van der Waals surface area contributed by atoms with Crippen molar-refractivity contribution in [1.82, 2.24) is 14.9 Å². The molecule has 9 heteroatoms. The predicted molar refractivity (Wildman–Crippen MR) is 114 cm³/mol. The summed E-state index contributed by atoms with van der Waals surface area (Å²) in [6, 6.07) is 7.95. The third-order valence-corrected chi connectivity index (χ3v) is 6.82. The molecule has 150 valence electrons. The van der Waals surface area contributed by atoms with Gasteiger partial charge >= 0.3 is 0 Å². The molecule has 5 rings (SSSR count). The monoisotopic (exact) mass is 428 g/mol. The average molecular weight is 429 g/mol. The first-order chi connectivity index (χ1) is 14.2. The first-order valence-corrected chi connectivity index (χ1v) is 11.4. The van der Waals surface area contributed by atoms with Crippen molar-refractivity contribution in [2.24, 2.45) is 0 Å². The van der Waals surface area contributed by atoms with E-state index < -0.39 is 0 Å². The zero-order chi connectivity index (χ0) is 19.8. The summed E-state index contributed by atoms with van der Waals surface area (Å²) in [6.45, 7) is 1.88. The Morgan fingerprint density at radius 1 is 1.24 bits per heavy atom. The lowest BCUT2D eigenvalue weighted by Gasteiger charge is -2.26. The number of aromatic nitrogens is 2. The van der Waals surface area contributed by atoms with E-state index in [1.807, 2.05) is 34.5 Å². The van der Waals surface area contributed by atoms with Crippen molar-refractivity contribution in [2.75, 3.05) is 31.2 Å². The third-order valence-electron chi connectivity index (χ3n) is 5.18. The number of nitrogen functional groups attached to an aromatic ring is 1. The Balaban J connectivity index is 1.29. The molecule has 1 fully saturated rings. The number of hydrogen-bond acceptors (Lipinski definition) is 8. The predicted octanol–water partition coefficient (Wildman–Crippen LogP) is 3.50. The van der Waals surface area contributed by atoms with Crippen LogP contribution in [0.4, 0.5) is 5.82 Å². The zero-order valence-corrected chi connectivity index (χ0v) is 17.3. The number of amides is 1.